The molecule has 0 unspecified atom stereocenters. The van der Waals surface area contributed by atoms with Crippen molar-refractivity contribution in [2.45, 2.75) is 19.9 Å². The minimum Gasteiger partial charge on any atom is -0.354 e. The second-order valence-electron chi connectivity index (χ2n) is 5.45. The summed E-state index contributed by atoms with van der Waals surface area (Å²) in [7, 11) is 0. The summed E-state index contributed by atoms with van der Waals surface area (Å²) in [5.74, 6) is 0.965. The zero-order valence-electron chi connectivity index (χ0n) is 12.9. The van der Waals surface area contributed by atoms with Crippen LogP contribution in [-0.2, 0) is 17.8 Å². The number of aromatic nitrogens is 2. The van der Waals surface area contributed by atoms with Crippen LogP contribution in [0.25, 0.3) is 11.0 Å². The summed E-state index contributed by atoms with van der Waals surface area (Å²) in [6, 6.07) is 15.4. The number of fused-ring (bicyclic) bond motifs is 1. The van der Waals surface area contributed by atoms with Crippen molar-refractivity contribution in [2.24, 2.45) is 0 Å². The molecule has 3 rings (SSSR count). The van der Waals surface area contributed by atoms with Gasteiger partial charge in [0.25, 0.3) is 0 Å². The van der Waals surface area contributed by atoms with Crippen LogP contribution in [0.15, 0.2) is 48.5 Å². The highest BCUT2D eigenvalue weighted by atomic mass is 35.5. The molecule has 23 heavy (non-hydrogen) atoms. The monoisotopic (exact) mass is 327 g/mol. The molecule has 1 heterocycles. The van der Waals surface area contributed by atoms with E-state index in [1.165, 1.54) is 0 Å². The molecule has 1 aromatic heterocycles. The molecule has 0 fully saturated rings. The fourth-order valence-corrected chi connectivity index (χ4v) is 2.76. The van der Waals surface area contributed by atoms with E-state index in [4.69, 9.17) is 11.6 Å². The summed E-state index contributed by atoms with van der Waals surface area (Å²) in [5.41, 5.74) is 3.03. The summed E-state index contributed by atoms with van der Waals surface area (Å²) in [5, 5.41) is 3.63. The first-order valence-corrected chi connectivity index (χ1v) is 7.94. The minimum absolute atomic E-state index is 0.00870. The fourth-order valence-electron chi connectivity index (χ4n) is 2.64. The molecule has 0 atom stereocenters. The van der Waals surface area contributed by atoms with Crippen molar-refractivity contribution in [1.29, 1.82) is 0 Å². The Kier molecular flexibility index (Phi) is 4.63. The lowest BCUT2D eigenvalue weighted by atomic mass is 10.1. The maximum atomic E-state index is 12.0. The molecule has 0 aliphatic rings. The molecular formula is C18H18ClN3O. The van der Waals surface area contributed by atoms with Gasteiger partial charge in [-0.05, 0) is 36.8 Å². The molecule has 0 saturated carbocycles. The van der Waals surface area contributed by atoms with E-state index < -0.39 is 0 Å². The average molecular weight is 328 g/mol. The van der Waals surface area contributed by atoms with Gasteiger partial charge in [0, 0.05) is 18.1 Å². The Balaban J connectivity index is 1.57. The van der Waals surface area contributed by atoms with E-state index >= 15 is 0 Å². The molecule has 0 saturated heterocycles. The molecule has 3 aromatic rings. The van der Waals surface area contributed by atoms with E-state index in [-0.39, 0.29) is 5.91 Å². The number of aryl methyl sites for hydroxylation is 1. The van der Waals surface area contributed by atoms with Crippen molar-refractivity contribution >= 4 is 28.5 Å². The van der Waals surface area contributed by atoms with Crippen molar-refractivity contribution in [2.75, 3.05) is 6.54 Å². The first-order chi connectivity index (χ1) is 11.1. The zero-order valence-corrected chi connectivity index (χ0v) is 13.7. The Hall–Kier alpha value is -2.33. The predicted molar refractivity (Wildman–Crippen MR) is 92.6 cm³/mol. The van der Waals surface area contributed by atoms with Gasteiger partial charge < -0.3 is 9.88 Å². The van der Waals surface area contributed by atoms with Gasteiger partial charge in [-0.25, -0.2) is 4.98 Å². The van der Waals surface area contributed by atoms with Gasteiger partial charge in [-0.3, -0.25) is 4.79 Å². The van der Waals surface area contributed by atoms with Crippen molar-refractivity contribution in [3.8, 4) is 0 Å². The van der Waals surface area contributed by atoms with Gasteiger partial charge in [0.05, 0.1) is 17.5 Å². The first kappa shape index (κ1) is 15.6. The zero-order chi connectivity index (χ0) is 16.2. The lowest BCUT2D eigenvalue weighted by Gasteiger charge is -2.09. The Morgan fingerprint density at radius 2 is 1.91 bits per heavy atom. The quantitative estimate of drug-likeness (QED) is 0.781. The highest BCUT2D eigenvalue weighted by molar-refractivity contribution is 6.30. The smallest absolute Gasteiger partial charge is 0.224 e. The van der Waals surface area contributed by atoms with E-state index in [0.29, 0.717) is 24.5 Å². The van der Waals surface area contributed by atoms with E-state index in [0.717, 1.165) is 22.4 Å². The SMILES string of the molecule is Cc1nc2ccccc2n1CCNC(=O)Cc1ccc(Cl)cc1. The maximum Gasteiger partial charge on any atom is 0.224 e. The lowest BCUT2D eigenvalue weighted by Crippen LogP contribution is -2.28. The third-order valence-corrected chi connectivity index (χ3v) is 4.03. The molecule has 0 radical (unpaired) electrons. The number of rotatable bonds is 5. The van der Waals surface area contributed by atoms with Gasteiger partial charge in [0.15, 0.2) is 0 Å². The van der Waals surface area contributed by atoms with Crippen LogP contribution in [0.5, 0.6) is 0 Å². The molecule has 0 aliphatic carbocycles. The Labute approximate surface area is 140 Å². The molecular weight excluding hydrogens is 310 g/mol. The second-order valence-corrected chi connectivity index (χ2v) is 5.89. The van der Waals surface area contributed by atoms with Crippen LogP contribution in [0.1, 0.15) is 11.4 Å². The number of imidazole rings is 1. The molecule has 2 aromatic carbocycles. The van der Waals surface area contributed by atoms with Crippen LogP contribution in [0.2, 0.25) is 5.02 Å². The van der Waals surface area contributed by atoms with E-state index in [9.17, 15) is 4.79 Å². The number of para-hydroxylation sites is 2. The predicted octanol–water partition coefficient (Wildman–Crippen LogP) is 3.36. The number of hydrogen-bond donors (Lipinski definition) is 1. The standard InChI is InChI=1S/C18H18ClN3O/c1-13-21-16-4-2-3-5-17(16)22(13)11-10-20-18(23)12-14-6-8-15(19)9-7-14/h2-9H,10-12H2,1H3,(H,20,23). The Morgan fingerprint density at radius 1 is 1.17 bits per heavy atom. The molecule has 0 spiro atoms. The van der Waals surface area contributed by atoms with Crippen LogP contribution in [0, 0.1) is 6.92 Å². The molecule has 118 valence electrons. The van der Waals surface area contributed by atoms with Crippen molar-refractivity contribution in [1.82, 2.24) is 14.9 Å². The third kappa shape index (κ3) is 3.71. The van der Waals surface area contributed by atoms with Crippen LogP contribution < -0.4 is 5.32 Å². The van der Waals surface area contributed by atoms with Crippen LogP contribution in [0.3, 0.4) is 0 Å². The number of nitrogens with one attached hydrogen (secondary N) is 1. The summed E-state index contributed by atoms with van der Waals surface area (Å²) in [4.78, 5) is 16.5. The van der Waals surface area contributed by atoms with E-state index in [2.05, 4.69) is 14.9 Å². The number of carbonyl (C=O) groups excluding carboxylic acids is 1. The van der Waals surface area contributed by atoms with E-state index in [1.54, 1.807) is 12.1 Å². The van der Waals surface area contributed by atoms with Gasteiger partial charge in [-0.2, -0.15) is 0 Å². The van der Waals surface area contributed by atoms with Crippen LogP contribution >= 0.6 is 11.6 Å². The summed E-state index contributed by atoms with van der Waals surface area (Å²) >= 11 is 5.84. The highest BCUT2D eigenvalue weighted by Gasteiger charge is 2.07. The topological polar surface area (TPSA) is 46.9 Å². The number of benzene rings is 2. The van der Waals surface area contributed by atoms with Gasteiger partial charge in [-0.1, -0.05) is 35.9 Å². The molecule has 5 heteroatoms. The maximum absolute atomic E-state index is 12.0. The van der Waals surface area contributed by atoms with Crippen LogP contribution in [-0.4, -0.2) is 22.0 Å². The minimum atomic E-state index is 0.00870. The van der Waals surface area contributed by atoms with Crippen molar-refractivity contribution < 1.29 is 4.79 Å². The van der Waals surface area contributed by atoms with Crippen LogP contribution in [0.4, 0.5) is 0 Å². The fraction of sp³-hybridized carbons (Fsp3) is 0.222. The largest absolute Gasteiger partial charge is 0.354 e. The average Bonchev–Trinajstić information content (AvgIpc) is 2.86. The Bertz CT molecular complexity index is 824. The van der Waals surface area contributed by atoms with Crippen molar-refractivity contribution in [3.05, 3.63) is 64.9 Å². The molecule has 1 amide bonds. The van der Waals surface area contributed by atoms with Crippen molar-refractivity contribution in [3.63, 3.8) is 0 Å². The van der Waals surface area contributed by atoms with Gasteiger partial charge in [0.1, 0.15) is 5.82 Å². The summed E-state index contributed by atoms with van der Waals surface area (Å²) in [6.07, 6.45) is 0.362. The third-order valence-electron chi connectivity index (χ3n) is 3.78. The summed E-state index contributed by atoms with van der Waals surface area (Å²) in [6.45, 7) is 3.27. The normalized spacial score (nSPS) is 10.9. The molecule has 1 N–H and O–H groups in total. The van der Waals surface area contributed by atoms with E-state index in [1.807, 2.05) is 43.3 Å². The summed E-state index contributed by atoms with van der Waals surface area (Å²) < 4.78 is 2.12. The molecule has 4 nitrogen and oxygen atoms in total. The van der Waals surface area contributed by atoms with Gasteiger partial charge in [-0.15, -0.1) is 0 Å². The highest BCUT2D eigenvalue weighted by Crippen LogP contribution is 2.15. The second kappa shape index (κ2) is 6.84. The lowest BCUT2D eigenvalue weighted by molar-refractivity contribution is -0.120. The molecule has 0 bridgehead atoms. The van der Waals surface area contributed by atoms with Gasteiger partial charge >= 0.3 is 0 Å². The molecule has 0 aliphatic heterocycles. The first-order valence-electron chi connectivity index (χ1n) is 7.56. The Morgan fingerprint density at radius 3 is 2.70 bits per heavy atom. The number of nitrogens with zero attached hydrogens (tertiary/aromatic N) is 2. The number of amides is 1. The number of carbonyl (C=O) groups is 1. The number of hydrogen-bond acceptors (Lipinski definition) is 2. The number of halogens is 1. The van der Waals surface area contributed by atoms with Gasteiger partial charge in [0.2, 0.25) is 5.91 Å².